The maximum absolute atomic E-state index is 9.24. The lowest BCUT2D eigenvalue weighted by molar-refractivity contribution is 0.273. The van der Waals surface area contributed by atoms with E-state index in [9.17, 15) is 5.11 Å². The third kappa shape index (κ3) is 2.72. The molecule has 2 heteroatoms. The van der Waals surface area contributed by atoms with Crippen LogP contribution in [0.4, 0.5) is 5.69 Å². The van der Waals surface area contributed by atoms with E-state index in [-0.39, 0.29) is 12.5 Å². The Morgan fingerprint density at radius 3 is 2.47 bits per heavy atom. The molecule has 0 heterocycles. The molecule has 0 amide bonds. The van der Waals surface area contributed by atoms with Crippen LogP contribution in [0.5, 0.6) is 0 Å². The van der Waals surface area contributed by atoms with Crippen molar-refractivity contribution in [3.63, 3.8) is 0 Å². The van der Waals surface area contributed by atoms with E-state index in [1.54, 1.807) is 0 Å². The fraction of sp³-hybridized carbons (Fsp3) is 0.538. The Morgan fingerprint density at radius 1 is 1.33 bits per heavy atom. The van der Waals surface area contributed by atoms with Crippen LogP contribution in [-0.4, -0.2) is 25.8 Å². The van der Waals surface area contributed by atoms with Gasteiger partial charge in [0.05, 0.1) is 0 Å². The van der Waals surface area contributed by atoms with Gasteiger partial charge >= 0.3 is 0 Å². The molecule has 0 saturated heterocycles. The van der Waals surface area contributed by atoms with Crippen LogP contribution in [0.1, 0.15) is 30.9 Å². The Bertz CT molecular complexity index is 320. The van der Waals surface area contributed by atoms with Crippen molar-refractivity contribution in [2.45, 2.75) is 26.2 Å². The van der Waals surface area contributed by atoms with Crippen molar-refractivity contribution < 1.29 is 5.11 Å². The number of aryl methyl sites for hydroxylation is 1. The van der Waals surface area contributed by atoms with Crippen molar-refractivity contribution in [3.8, 4) is 0 Å². The molecule has 84 valence electrons. The van der Waals surface area contributed by atoms with Crippen molar-refractivity contribution in [2.24, 2.45) is 0 Å². The summed E-state index contributed by atoms with van der Waals surface area (Å²) in [6.07, 6.45) is 1.04. The third-order valence-electron chi connectivity index (χ3n) is 2.79. The smallest absolute Gasteiger partial charge is 0.0497 e. The van der Waals surface area contributed by atoms with Crippen molar-refractivity contribution >= 4 is 5.69 Å². The lowest BCUT2D eigenvalue weighted by Crippen LogP contribution is -2.14. The molecule has 1 rings (SSSR count). The van der Waals surface area contributed by atoms with Crippen LogP contribution in [0.2, 0.25) is 0 Å². The van der Waals surface area contributed by atoms with Gasteiger partial charge in [0.1, 0.15) is 0 Å². The van der Waals surface area contributed by atoms with Crippen molar-refractivity contribution in [1.82, 2.24) is 0 Å². The molecule has 0 aromatic heterocycles. The zero-order valence-electron chi connectivity index (χ0n) is 10.1. The molecule has 15 heavy (non-hydrogen) atoms. The van der Waals surface area contributed by atoms with Crippen molar-refractivity contribution in [2.75, 3.05) is 25.6 Å². The Labute approximate surface area is 92.5 Å². The van der Waals surface area contributed by atoms with Gasteiger partial charge in [0.2, 0.25) is 0 Å². The molecule has 1 aromatic rings. The van der Waals surface area contributed by atoms with Gasteiger partial charge in [-0.15, -0.1) is 0 Å². The predicted molar refractivity (Wildman–Crippen MR) is 65.6 cm³/mol. The summed E-state index contributed by atoms with van der Waals surface area (Å²) < 4.78 is 0. The second-order valence-electron chi connectivity index (χ2n) is 4.22. The minimum absolute atomic E-state index is 0.202. The molecule has 0 radical (unpaired) electrons. The van der Waals surface area contributed by atoms with E-state index >= 15 is 0 Å². The molecule has 1 N–H and O–H groups in total. The first-order valence-electron chi connectivity index (χ1n) is 5.51. The topological polar surface area (TPSA) is 23.5 Å². The van der Waals surface area contributed by atoms with Crippen molar-refractivity contribution in [3.05, 3.63) is 29.3 Å². The standard InChI is InChI=1S/C13H21NO/c1-5-11-6-7-13(14(3)4)12(8-11)10(2)9-15/h6-8,10,15H,5,9H2,1-4H3. The number of anilines is 1. The molecule has 0 fully saturated rings. The van der Waals surface area contributed by atoms with Gasteiger partial charge in [-0.25, -0.2) is 0 Å². The van der Waals surface area contributed by atoms with E-state index in [4.69, 9.17) is 0 Å². The van der Waals surface area contributed by atoms with Crippen LogP contribution in [0.15, 0.2) is 18.2 Å². The second-order valence-corrected chi connectivity index (χ2v) is 4.22. The highest BCUT2D eigenvalue weighted by molar-refractivity contribution is 5.55. The lowest BCUT2D eigenvalue weighted by atomic mass is 9.96. The van der Waals surface area contributed by atoms with E-state index in [0.29, 0.717) is 0 Å². The summed E-state index contributed by atoms with van der Waals surface area (Å²) in [6, 6.07) is 6.50. The Kier molecular flexibility index (Phi) is 4.15. The zero-order chi connectivity index (χ0) is 11.4. The SMILES string of the molecule is CCc1ccc(N(C)C)c(C(C)CO)c1. The van der Waals surface area contributed by atoms with Crippen LogP contribution in [-0.2, 0) is 6.42 Å². The lowest BCUT2D eigenvalue weighted by Gasteiger charge is -2.21. The highest BCUT2D eigenvalue weighted by atomic mass is 16.3. The van der Waals surface area contributed by atoms with Gasteiger partial charge in [-0.3, -0.25) is 0 Å². The Morgan fingerprint density at radius 2 is 2.00 bits per heavy atom. The average Bonchev–Trinajstić information content (AvgIpc) is 2.26. The maximum atomic E-state index is 9.24. The fourth-order valence-corrected chi connectivity index (χ4v) is 1.72. The molecule has 1 aromatic carbocycles. The minimum Gasteiger partial charge on any atom is -0.396 e. The van der Waals surface area contributed by atoms with E-state index in [2.05, 4.69) is 36.9 Å². The Hall–Kier alpha value is -1.02. The van der Waals surface area contributed by atoms with Gasteiger partial charge in [0.25, 0.3) is 0 Å². The average molecular weight is 207 g/mol. The zero-order valence-corrected chi connectivity index (χ0v) is 10.1. The van der Waals surface area contributed by atoms with E-state index in [1.807, 2.05) is 14.1 Å². The number of rotatable bonds is 4. The number of hydrogen-bond donors (Lipinski definition) is 1. The molecule has 1 atom stereocenters. The number of aliphatic hydroxyl groups is 1. The van der Waals surface area contributed by atoms with E-state index in [0.717, 1.165) is 6.42 Å². The molecule has 1 unspecified atom stereocenters. The van der Waals surface area contributed by atoms with E-state index < -0.39 is 0 Å². The molecule has 0 aliphatic rings. The molecule has 0 bridgehead atoms. The van der Waals surface area contributed by atoms with Gasteiger partial charge in [-0.1, -0.05) is 26.0 Å². The molecular formula is C13H21NO. The summed E-state index contributed by atoms with van der Waals surface area (Å²) in [5.74, 6) is 0.203. The first-order valence-corrected chi connectivity index (χ1v) is 5.51. The second kappa shape index (κ2) is 5.17. The summed E-state index contributed by atoms with van der Waals surface area (Å²) in [5, 5.41) is 9.24. The van der Waals surface area contributed by atoms with Gasteiger partial charge in [-0.2, -0.15) is 0 Å². The van der Waals surface area contributed by atoms with Crippen molar-refractivity contribution in [1.29, 1.82) is 0 Å². The fourth-order valence-electron chi connectivity index (χ4n) is 1.72. The van der Waals surface area contributed by atoms with Gasteiger partial charge in [0, 0.05) is 32.3 Å². The van der Waals surface area contributed by atoms with E-state index in [1.165, 1.54) is 16.8 Å². The molecular weight excluding hydrogens is 186 g/mol. The summed E-state index contributed by atoms with van der Waals surface area (Å²) in [6.45, 7) is 4.41. The minimum atomic E-state index is 0.202. The monoisotopic (exact) mass is 207 g/mol. The van der Waals surface area contributed by atoms with Crippen LogP contribution < -0.4 is 4.90 Å². The van der Waals surface area contributed by atoms with Crippen LogP contribution >= 0.6 is 0 Å². The number of benzene rings is 1. The summed E-state index contributed by atoms with van der Waals surface area (Å²) >= 11 is 0. The number of aliphatic hydroxyl groups excluding tert-OH is 1. The highest BCUT2D eigenvalue weighted by Gasteiger charge is 2.11. The molecule has 0 spiro atoms. The molecule has 0 aliphatic carbocycles. The quantitative estimate of drug-likeness (QED) is 0.819. The van der Waals surface area contributed by atoms with Gasteiger partial charge < -0.3 is 10.0 Å². The first kappa shape index (κ1) is 12.1. The first-order chi connectivity index (χ1) is 7.10. The highest BCUT2D eigenvalue weighted by Crippen LogP contribution is 2.27. The number of hydrogen-bond acceptors (Lipinski definition) is 2. The third-order valence-corrected chi connectivity index (χ3v) is 2.79. The molecule has 0 aliphatic heterocycles. The molecule has 0 saturated carbocycles. The summed E-state index contributed by atoms with van der Waals surface area (Å²) in [7, 11) is 4.07. The maximum Gasteiger partial charge on any atom is 0.0497 e. The predicted octanol–water partition coefficient (Wildman–Crippen LogP) is 2.41. The summed E-state index contributed by atoms with van der Waals surface area (Å²) in [5.41, 5.74) is 3.77. The van der Waals surface area contributed by atoms with Gasteiger partial charge in [-0.05, 0) is 23.6 Å². The van der Waals surface area contributed by atoms with Crippen LogP contribution in [0.3, 0.4) is 0 Å². The molecule has 2 nitrogen and oxygen atoms in total. The van der Waals surface area contributed by atoms with Gasteiger partial charge in [0.15, 0.2) is 0 Å². The van der Waals surface area contributed by atoms with Crippen LogP contribution in [0, 0.1) is 0 Å². The largest absolute Gasteiger partial charge is 0.396 e. The Balaban J connectivity index is 3.16. The number of nitrogens with zero attached hydrogens (tertiary/aromatic N) is 1. The van der Waals surface area contributed by atoms with Crippen LogP contribution in [0.25, 0.3) is 0 Å². The normalized spacial score (nSPS) is 12.6. The summed E-state index contributed by atoms with van der Waals surface area (Å²) in [4.78, 5) is 2.10.